The number of hydrogen-bond donors (Lipinski definition) is 1. The molecule has 3 aliphatic rings. The van der Waals surface area contributed by atoms with Gasteiger partial charge >= 0.3 is 0 Å². The molecule has 2 bridgehead atoms. The fraction of sp³-hybridized carbons (Fsp3) is 0.581. The van der Waals surface area contributed by atoms with Crippen molar-refractivity contribution < 1.29 is 24.2 Å². The van der Waals surface area contributed by atoms with Crippen LogP contribution >= 0.6 is 11.6 Å². The van der Waals surface area contributed by atoms with E-state index in [4.69, 9.17) is 16.3 Å². The van der Waals surface area contributed by atoms with E-state index >= 15 is 0 Å². The first-order chi connectivity index (χ1) is 19.2. The van der Waals surface area contributed by atoms with Crippen LogP contribution in [0.3, 0.4) is 0 Å². The van der Waals surface area contributed by atoms with Gasteiger partial charge in [-0.25, -0.2) is 0 Å². The maximum absolute atomic E-state index is 14.6. The van der Waals surface area contributed by atoms with Crippen molar-refractivity contribution in [3.05, 3.63) is 54.6 Å². The minimum Gasteiger partial charge on any atom is -0.394 e. The highest BCUT2D eigenvalue weighted by molar-refractivity contribution is 6.30. The number of halogens is 1. The topological polar surface area (TPSA) is 90.4 Å². The molecule has 9 heteroatoms. The lowest BCUT2D eigenvalue weighted by molar-refractivity contribution is -0.148. The third kappa shape index (κ3) is 4.99. The second kappa shape index (κ2) is 12.5. The summed E-state index contributed by atoms with van der Waals surface area (Å²) >= 11 is 6.13. The largest absolute Gasteiger partial charge is 0.394 e. The number of ether oxygens (including phenoxy) is 1. The number of carbonyl (C=O) groups excluding carboxylic acids is 3. The van der Waals surface area contributed by atoms with Crippen molar-refractivity contribution in [1.29, 1.82) is 0 Å². The fourth-order valence-electron chi connectivity index (χ4n) is 6.97. The van der Waals surface area contributed by atoms with E-state index < -0.39 is 35.6 Å². The van der Waals surface area contributed by atoms with E-state index in [0.29, 0.717) is 43.1 Å². The van der Waals surface area contributed by atoms with Crippen LogP contribution in [0.15, 0.2) is 49.6 Å². The summed E-state index contributed by atoms with van der Waals surface area (Å²) in [7, 11) is 0. The first-order valence-electron chi connectivity index (χ1n) is 14.4. The van der Waals surface area contributed by atoms with Crippen LogP contribution < -0.4 is 4.90 Å². The van der Waals surface area contributed by atoms with Crippen LogP contribution in [0.2, 0.25) is 5.02 Å². The number of anilines is 1. The number of amides is 3. The van der Waals surface area contributed by atoms with Crippen LogP contribution in [0, 0.1) is 17.8 Å². The number of benzene rings is 1. The monoisotopic (exact) mass is 571 g/mol. The molecule has 218 valence electrons. The van der Waals surface area contributed by atoms with Gasteiger partial charge in [-0.3, -0.25) is 14.4 Å². The number of hydrogen-bond acceptors (Lipinski definition) is 5. The summed E-state index contributed by atoms with van der Waals surface area (Å²) in [5.41, 5.74) is -0.538. The van der Waals surface area contributed by atoms with Gasteiger partial charge in [0.2, 0.25) is 11.8 Å². The number of carbonyl (C=O) groups is 3. The molecule has 3 heterocycles. The quantitative estimate of drug-likeness (QED) is 0.361. The van der Waals surface area contributed by atoms with Crippen molar-refractivity contribution in [1.82, 2.24) is 9.80 Å². The first kappa shape index (κ1) is 30.3. The highest BCUT2D eigenvalue weighted by Gasteiger charge is 2.75. The second-order valence-corrected chi connectivity index (χ2v) is 11.7. The molecule has 2 unspecified atom stereocenters. The van der Waals surface area contributed by atoms with E-state index in [1.807, 2.05) is 20.8 Å². The lowest BCUT2D eigenvalue weighted by Gasteiger charge is -2.40. The molecule has 40 heavy (non-hydrogen) atoms. The Morgan fingerprint density at radius 2 is 1.88 bits per heavy atom. The minimum absolute atomic E-state index is 0.0773. The Morgan fingerprint density at radius 3 is 2.45 bits per heavy atom. The Kier molecular flexibility index (Phi) is 9.43. The highest BCUT2D eigenvalue weighted by Crippen LogP contribution is 2.59. The zero-order valence-corrected chi connectivity index (χ0v) is 24.6. The summed E-state index contributed by atoms with van der Waals surface area (Å²) in [6, 6.07) is 5.35. The van der Waals surface area contributed by atoms with E-state index in [0.717, 1.165) is 6.42 Å². The molecular weight excluding hydrogens is 530 g/mol. The van der Waals surface area contributed by atoms with Gasteiger partial charge in [0.15, 0.2) is 0 Å². The van der Waals surface area contributed by atoms with E-state index in [1.165, 1.54) is 0 Å². The van der Waals surface area contributed by atoms with Gasteiger partial charge in [0.1, 0.15) is 11.6 Å². The number of fused-ring (bicyclic) bond motifs is 1. The van der Waals surface area contributed by atoms with Gasteiger partial charge in [-0.05, 0) is 49.4 Å². The molecule has 3 amide bonds. The Bertz CT molecular complexity index is 1130. The van der Waals surface area contributed by atoms with Crippen molar-refractivity contribution in [3.8, 4) is 0 Å². The average molecular weight is 572 g/mol. The molecule has 0 radical (unpaired) electrons. The number of rotatable bonds is 13. The predicted molar refractivity (Wildman–Crippen MR) is 156 cm³/mol. The molecule has 7 atom stereocenters. The Morgan fingerprint density at radius 1 is 1.20 bits per heavy atom. The minimum atomic E-state index is -1.15. The lowest BCUT2D eigenvalue weighted by atomic mass is 9.70. The summed E-state index contributed by atoms with van der Waals surface area (Å²) in [5.74, 6) is -2.30. The van der Waals surface area contributed by atoms with Crippen molar-refractivity contribution in [2.24, 2.45) is 17.8 Å². The molecule has 1 N–H and O–H groups in total. The number of nitrogens with zero attached hydrogens (tertiary/aromatic N) is 3. The van der Waals surface area contributed by atoms with Crippen LogP contribution in [0.25, 0.3) is 0 Å². The lowest BCUT2D eigenvalue weighted by Crippen LogP contribution is -2.60. The zero-order valence-electron chi connectivity index (χ0n) is 23.8. The molecule has 0 aliphatic carbocycles. The fourth-order valence-corrected chi connectivity index (χ4v) is 7.10. The van der Waals surface area contributed by atoms with Gasteiger partial charge in [0, 0.05) is 30.3 Å². The molecule has 8 nitrogen and oxygen atoms in total. The van der Waals surface area contributed by atoms with Gasteiger partial charge < -0.3 is 24.5 Å². The normalized spacial score (nSPS) is 28.2. The summed E-state index contributed by atoms with van der Waals surface area (Å²) in [6.07, 6.45) is 5.43. The molecule has 3 fully saturated rings. The Hall–Kier alpha value is -2.68. The molecular formula is C31H42ClN3O5. The van der Waals surface area contributed by atoms with Gasteiger partial charge in [0.25, 0.3) is 5.91 Å². The Labute approximate surface area is 242 Å². The summed E-state index contributed by atoms with van der Waals surface area (Å²) in [4.78, 5) is 47.9. The van der Waals surface area contributed by atoms with Crippen LogP contribution in [-0.4, -0.2) is 82.7 Å². The molecule has 0 aromatic heterocycles. The highest BCUT2D eigenvalue weighted by atomic mass is 35.5. The zero-order chi connectivity index (χ0) is 29.2. The smallest absolute Gasteiger partial charge is 0.253 e. The number of likely N-dealkylation sites (tertiary alicyclic amines) is 1. The maximum Gasteiger partial charge on any atom is 0.253 e. The SMILES string of the molecule is C=CCN(CCC)C(=O)[C@@H]1[C@H]2C(=O)N([C@@H](CO)[C@@H](C)CC)C(C(=O)N(CC=C)c3ccc(Cl)cc3)C23CC[C@H]1O3. The first-order valence-corrected chi connectivity index (χ1v) is 14.8. The predicted octanol–water partition coefficient (Wildman–Crippen LogP) is 4.07. The average Bonchev–Trinajstić information content (AvgIpc) is 3.59. The van der Waals surface area contributed by atoms with Gasteiger partial charge in [-0.2, -0.15) is 0 Å². The van der Waals surface area contributed by atoms with Crippen molar-refractivity contribution in [2.45, 2.75) is 70.2 Å². The second-order valence-electron chi connectivity index (χ2n) is 11.2. The third-order valence-electron chi connectivity index (χ3n) is 8.97. The molecule has 0 saturated carbocycles. The number of aliphatic hydroxyl groups excluding tert-OH is 1. The van der Waals surface area contributed by atoms with Crippen molar-refractivity contribution in [3.63, 3.8) is 0 Å². The Balaban J connectivity index is 1.83. The van der Waals surface area contributed by atoms with Crippen molar-refractivity contribution >= 4 is 35.0 Å². The molecule has 1 aromatic carbocycles. The van der Waals surface area contributed by atoms with Gasteiger partial charge in [-0.1, -0.05) is 50.9 Å². The molecule has 3 saturated heterocycles. The maximum atomic E-state index is 14.6. The molecule has 3 aliphatic heterocycles. The molecule has 1 spiro atoms. The summed E-state index contributed by atoms with van der Waals surface area (Å²) in [6.45, 7) is 14.5. The van der Waals surface area contributed by atoms with Crippen LogP contribution in [0.1, 0.15) is 46.5 Å². The molecule has 1 aromatic rings. The standard InChI is InChI=1S/C31H42ClN3O5/c1-6-16-33(17-7-2)28(37)25-24-14-15-31(40-24)26(25)29(38)35(23(19-36)20(5)9-4)27(31)30(39)34(18-8-3)22-12-10-21(32)11-13-22/h6,8,10-13,20,23-27,36H,1,3,7,9,14-19H2,2,4-5H3/t20-,23-,24+,25-,26-,27?,31?/m0/s1. The van der Waals surface area contributed by atoms with E-state index in [-0.39, 0.29) is 36.8 Å². The van der Waals surface area contributed by atoms with Gasteiger partial charge in [-0.15, -0.1) is 13.2 Å². The third-order valence-corrected chi connectivity index (χ3v) is 9.22. The van der Waals surface area contributed by atoms with E-state index in [2.05, 4.69) is 13.2 Å². The van der Waals surface area contributed by atoms with Crippen LogP contribution in [0.4, 0.5) is 5.69 Å². The van der Waals surface area contributed by atoms with Crippen LogP contribution in [0.5, 0.6) is 0 Å². The van der Waals surface area contributed by atoms with Gasteiger partial charge in [0.05, 0.1) is 30.6 Å². The van der Waals surface area contributed by atoms with E-state index in [9.17, 15) is 19.5 Å². The summed E-state index contributed by atoms with van der Waals surface area (Å²) < 4.78 is 6.64. The van der Waals surface area contributed by atoms with E-state index in [1.54, 1.807) is 51.1 Å². The molecule has 4 rings (SSSR count). The summed E-state index contributed by atoms with van der Waals surface area (Å²) in [5, 5.41) is 11.1. The van der Waals surface area contributed by atoms with Crippen LogP contribution in [-0.2, 0) is 19.1 Å². The number of aliphatic hydroxyl groups is 1. The van der Waals surface area contributed by atoms with Crippen molar-refractivity contribution in [2.75, 3.05) is 31.1 Å².